The van der Waals surface area contributed by atoms with Crippen LogP contribution in [-0.4, -0.2) is 69.6 Å². The maximum absolute atomic E-state index is 12.0. The predicted octanol–water partition coefficient (Wildman–Crippen LogP) is 0.0382. The Morgan fingerprint density at radius 3 is 2.65 bits per heavy atom. The predicted molar refractivity (Wildman–Crippen MR) is 78.4 cm³/mol. The number of carbonyl (C=O) groups is 1. The van der Waals surface area contributed by atoms with Crippen LogP contribution in [0.3, 0.4) is 0 Å². The van der Waals surface area contributed by atoms with Gasteiger partial charge in [0.1, 0.15) is 5.54 Å². The molecule has 1 unspecified atom stereocenters. The van der Waals surface area contributed by atoms with Gasteiger partial charge in [-0.3, -0.25) is 9.69 Å². The van der Waals surface area contributed by atoms with Crippen LogP contribution in [0.4, 0.5) is 0 Å². The summed E-state index contributed by atoms with van der Waals surface area (Å²) in [5, 5.41) is 3.22. The topological polar surface area (TPSA) is 75.7 Å². The highest BCUT2D eigenvalue weighted by molar-refractivity contribution is 7.91. The summed E-state index contributed by atoms with van der Waals surface area (Å²) in [5.74, 6) is 0.0943. The summed E-state index contributed by atoms with van der Waals surface area (Å²) in [5.41, 5.74) is -0.793. The molecule has 1 aliphatic heterocycles. The van der Waals surface area contributed by atoms with E-state index in [1.807, 2.05) is 18.7 Å². The van der Waals surface area contributed by atoms with Gasteiger partial charge in [-0.05, 0) is 32.9 Å². The van der Waals surface area contributed by atoms with Crippen molar-refractivity contribution in [2.24, 2.45) is 0 Å². The number of nitrogens with one attached hydrogen (secondary N) is 1. The number of ether oxygens (including phenoxy) is 1. The Bertz CT molecular complexity index is 424. The van der Waals surface area contributed by atoms with Crippen molar-refractivity contribution in [3.8, 4) is 0 Å². The summed E-state index contributed by atoms with van der Waals surface area (Å²) in [4.78, 5) is 14.0. The average Bonchev–Trinajstić information content (AvgIpc) is 2.57. The average molecular weight is 306 g/mol. The Balaban J connectivity index is 2.71. The lowest BCUT2D eigenvalue weighted by atomic mass is 10.0. The molecule has 0 aromatic carbocycles. The molecule has 1 heterocycles. The summed E-state index contributed by atoms with van der Waals surface area (Å²) in [6.45, 7) is 6.20. The van der Waals surface area contributed by atoms with Gasteiger partial charge in [-0.15, -0.1) is 0 Å². The SMILES string of the molecule is CCCNC(C)(CN1CCCS(=O)(=O)CC1)C(=O)OC. The normalized spacial score (nSPS) is 22.8. The third-order valence-corrected chi connectivity index (χ3v) is 5.30. The van der Waals surface area contributed by atoms with Gasteiger partial charge < -0.3 is 10.1 Å². The molecule has 0 aliphatic carbocycles. The fraction of sp³-hybridized carbons (Fsp3) is 0.923. The lowest BCUT2D eigenvalue weighted by Gasteiger charge is -2.33. The van der Waals surface area contributed by atoms with Crippen LogP contribution in [0.5, 0.6) is 0 Å². The molecule has 1 rings (SSSR count). The van der Waals surface area contributed by atoms with E-state index in [1.165, 1.54) is 7.11 Å². The molecule has 0 amide bonds. The smallest absolute Gasteiger partial charge is 0.327 e. The number of rotatable bonds is 6. The van der Waals surface area contributed by atoms with Crippen LogP contribution in [0.15, 0.2) is 0 Å². The molecule has 1 atom stereocenters. The molecule has 1 aliphatic rings. The zero-order valence-corrected chi connectivity index (χ0v) is 13.5. The van der Waals surface area contributed by atoms with Gasteiger partial charge >= 0.3 is 5.97 Å². The van der Waals surface area contributed by atoms with Crippen LogP contribution < -0.4 is 5.32 Å². The van der Waals surface area contributed by atoms with Crippen molar-refractivity contribution in [1.82, 2.24) is 10.2 Å². The standard InChI is InChI=1S/C13H26N2O4S/c1-4-6-14-13(2,12(16)19-3)11-15-7-5-9-20(17,18)10-8-15/h14H,4-11H2,1-3H3. The number of hydrogen-bond acceptors (Lipinski definition) is 6. The minimum absolute atomic E-state index is 0.165. The lowest BCUT2D eigenvalue weighted by molar-refractivity contribution is -0.148. The first kappa shape index (κ1) is 17.4. The summed E-state index contributed by atoms with van der Waals surface area (Å²) < 4.78 is 28.1. The van der Waals surface area contributed by atoms with Crippen LogP contribution in [-0.2, 0) is 19.4 Å². The molecule has 0 aromatic rings. The summed E-state index contributed by atoms with van der Waals surface area (Å²) in [6.07, 6.45) is 1.54. The number of methoxy groups -OCH3 is 1. The molecule has 6 nitrogen and oxygen atoms in total. The molecule has 0 bridgehead atoms. The second-order valence-corrected chi connectivity index (χ2v) is 7.84. The Hall–Kier alpha value is -0.660. The number of hydrogen-bond donors (Lipinski definition) is 1. The van der Waals surface area contributed by atoms with Gasteiger partial charge in [-0.25, -0.2) is 8.42 Å². The van der Waals surface area contributed by atoms with Crippen molar-refractivity contribution in [2.45, 2.75) is 32.2 Å². The highest BCUT2D eigenvalue weighted by Crippen LogP contribution is 2.13. The molecular weight excluding hydrogens is 280 g/mol. The van der Waals surface area contributed by atoms with Crippen molar-refractivity contribution in [3.63, 3.8) is 0 Å². The zero-order chi connectivity index (χ0) is 15.2. The van der Waals surface area contributed by atoms with Gasteiger partial charge in [0.15, 0.2) is 9.84 Å². The molecule has 1 fully saturated rings. The number of esters is 1. The fourth-order valence-corrected chi connectivity index (χ4v) is 3.72. The first-order valence-corrected chi connectivity index (χ1v) is 8.91. The van der Waals surface area contributed by atoms with Gasteiger partial charge in [0.25, 0.3) is 0 Å². The highest BCUT2D eigenvalue weighted by atomic mass is 32.2. The van der Waals surface area contributed by atoms with Crippen molar-refractivity contribution >= 4 is 15.8 Å². The minimum Gasteiger partial charge on any atom is -0.468 e. The highest BCUT2D eigenvalue weighted by Gasteiger charge is 2.36. The van der Waals surface area contributed by atoms with Crippen molar-refractivity contribution in [2.75, 3.05) is 44.8 Å². The van der Waals surface area contributed by atoms with Gasteiger partial charge in [0.05, 0.1) is 18.6 Å². The van der Waals surface area contributed by atoms with E-state index in [1.54, 1.807) is 0 Å². The van der Waals surface area contributed by atoms with E-state index in [-0.39, 0.29) is 17.5 Å². The van der Waals surface area contributed by atoms with Crippen LogP contribution in [0, 0.1) is 0 Å². The summed E-state index contributed by atoms with van der Waals surface area (Å²) >= 11 is 0. The molecule has 0 saturated carbocycles. The second kappa shape index (κ2) is 7.38. The van der Waals surface area contributed by atoms with Crippen LogP contribution in [0.2, 0.25) is 0 Å². The van der Waals surface area contributed by atoms with Crippen molar-refractivity contribution in [1.29, 1.82) is 0 Å². The lowest BCUT2D eigenvalue weighted by Crippen LogP contribution is -2.58. The van der Waals surface area contributed by atoms with E-state index >= 15 is 0 Å². The molecule has 0 spiro atoms. The molecule has 0 aromatic heterocycles. The largest absolute Gasteiger partial charge is 0.468 e. The third-order valence-electron chi connectivity index (χ3n) is 3.59. The van der Waals surface area contributed by atoms with E-state index in [4.69, 9.17) is 4.74 Å². The number of nitrogens with zero attached hydrogens (tertiary/aromatic N) is 1. The zero-order valence-electron chi connectivity index (χ0n) is 12.6. The Morgan fingerprint density at radius 1 is 1.35 bits per heavy atom. The first-order chi connectivity index (χ1) is 9.33. The summed E-state index contributed by atoms with van der Waals surface area (Å²) in [7, 11) is -1.55. The van der Waals surface area contributed by atoms with Gasteiger partial charge in [-0.2, -0.15) is 0 Å². The minimum atomic E-state index is -2.93. The molecular formula is C13H26N2O4S. The van der Waals surface area contributed by atoms with E-state index < -0.39 is 15.4 Å². The number of sulfone groups is 1. The van der Waals surface area contributed by atoms with Gasteiger partial charge in [0.2, 0.25) is 0 Å². The van der Waals surface area contributed by atoms with Gasteiger partial charge in [0, 0.05) is 13.1 Å². The van der Waals surface area contributed by atoms with Crippen molar-refractivity contribution in [3.05, 3.63) is 0 Å². The van der Waals surface area contributed by atoms with Crippen LogP contribution in [0.1, 0.15) is 26.7 Å². The summed E-state index contributed by atoms with van der Waals surface area (Å²) in [6, 6.07) is 0. The van der Waals surface area contributed by atoms with E-state index in [0.29, 0.717) is 26.1 Å². The van der Waals surface area contributed by atoms with Gasteiger partial charge in [-0.1, -0.05) is 6.92 Å². The molecule has 118 valence electrons. The Kier molecular flexibility index (Phi) is 6.42. The van der Waals surface area contributed by atoms with Crippen LogP contribution in [0.25, 0.3) is 0 Å². The fourth-order valence-electron chi connectivity index (χ4n) is 2.41. The third kappa shape index (κ3) is 5.03. The Morgan fingerprint density at radius 2 is 2.05 bits per heavy atom. The van der Waals surface area contributed by atoms with E-state index in [9.17, 15) is 13.2 Å². The van der Waals surface area contributed by atoms with Crippen molar-refractivity contribution < 1.29 is 17.9 Å². The van der Waals surface area contributed by atoms with Crippen LogP contribution >= 0.6 is 0 Å². The quantitative estimate of drug-likeness (QED) is 0.698. The molecule has 20 heavy (non-hydrogen) atoms. The maximum atomic E-state index is 12.0. The first-order valence-electron chi connectivity index (χ1n) is 7.09. The Labute approximate surface area is 121 Å². The maximum Gasteiger partial charge on any atom is 0.327 e. The number of carbonyl (C=O) groups excluding carboxylic acids is 1. The molecule has 0 radical (unpaired) electrons. The molecule has 7 heteroatoms. The molecule has 1 N–H and O–H groups in total. The second-order valence-electron chi connectivity index (χ2n) is 5.53. The van der Waals surface area contributed by atoms with E-state index in [2.05, 4.69) is 5.32 Å². The van der Waals surface area contributed by atoms with E-state index in [0.717, 1.165) is 13.0 Å². The monoisotopic (exact) mass is 306 g/mol. The molecule has 1 saturated heterocycles.